The van der Waals surface area contributed by atoms with Crippen LogP contribution in [0.4, 0.5) is 5.69 Å². The highest BCUT2D eigenvalue weighted by atomic mass is 16.4. The third kappa shape index (κ3) is 2.81. The van der Waals surface area contributed by atoms with E-state index in [-0.39, 0.29) is 11.5 Å². The molecule has 2 aromatic heterocycles. The topological polar surface area (TPSA) is 95.1 Å². The molecule has 0 aliphatic carbocycles. The van der Waals surface area contributed by atoms with Gasteiger partial charge in [-0.3, -0.25) is 9.78 Å². The Morgan fingerprint density at radius 1 is 1.19 bits per heavy atom. The molecular weight excluding hydrogens is 342 g/mol. The van der Waals surface area contributed by atoms with Crippen molar-refractivity contribution in [3.8, 4) is 11.1 Å². The summed E-state index contributed by atoms with van der Waals surface area (Å²) in [7, 11) is 0. The summed E-state index contributed by atoms with van der Waals surface area (Å²) in [6.07, 6.45) is 5.19. The number of aromatic nitrogens is 2. The van der Waals surface area contributed by atoms with Crippen molar-refractivity contribution in [2.24, 2.45) is 0 Å². The number of carbonyl (C=O) groups excluding carboxylic acids is 1. The van der Waals surface area contributed by atoms with Crippen LogP contribution in [0.3, 0.4) is 0 Å². The Morgan fingerprint density at radius 3 is 2.67 bits per heavy atom. The molecule has 6 heteroatoms. The van der Waals surface area contributed by atoms with Gasteiger partial charge in [-0.1, -0.05) is 18.2 Å². The molecule has 0 spiro atoms. The first-order valence-electron chi connectivity index (χ1n) is 8.46. The van der Waals surface area contributed by atoms with Gasteiger partial charge in [0, 0.05) is 40.6 Å². The van der Waals surface area contributed by atoms with Crippen molar-refractivity contribution in [2.45, 2.75) is 13.8 Å². The van der Waals surface area contributed by atoms with Crippen LogP contribution in [0.2, 0.25) is 0 Å². The Bertz CT molecular complexity index is 1110. The summed E-state index contributed by atoms with van der Waals surface area (Å²) >= 11 is 0. The van der Waals surface area contributed by atoms with Gasteiger partial charge in [-0.15, -0.1) is 0 Å². The number of carboxylic acid groups (broad SMARTS) is 1. The molecule has 0 fully saturated rings. The Labute approximate surface area is 155 Å². The number of anilines is 1. The number of pyridine rings is 1. The number of hydrogen-bond acceptors (Lipinski definition) is 3. The van der Waals surface area contributed by atoms with Crippen LogP contribution in [0.25, 0.3) is 22.8 Å². The van der Waals surface area contributed by atoms with E-state index in [9.17, 15) is 14.7 Å². The number of nitrogens with zero attached hydrogens (tertiary/aromatic N) is 1. The van der Waals surface area contributed by atoms with Gasteiger partial charge in [0.2, 0.25) is 0 Å². The van der Waals surface area contributed by atoms with Crippen molar-refractivity contribution >= 4 is 29.2 Å². The van der Waals surface area contributed by atoms with E-state index >= 15 is 0 Å². The molecule has 1 aromatic carbocycles. The fraction of sp³-hybridized carbons (Fsp3) is 0.0952. The van der Waals surface area contributed by atoms with Crippen LogP contribution < -0.4 is 5.32 Å². The summed E-state index contributed by atoms with van der Waals surface area (Å²) in [5, 5.41) is 12.2. The minimum atomic E-state index is -0.983. The second kappa shape index (κ2) is 6.25. The van der Waals surface area contributed by atoms with Crippen LogP contribution in [-0.4, -0.2) is 27.0 Å². The first-order valence-corrected chi connectivity index (χ1v) is 8.46. The maximum Gasteiger partial charge on any atom is 0.337 e. The Hall–Kier alpha value is -3.67. The van der Waals surface area contributed by atoms with E-state index in [4.69, 9.17) is 0 Å². The number of hydrogen-bond donors (Lipinski definition) is 3. The average Bonchev–Trinajstić information content (AvgIpc) is 3.11. The minimum Gasteiger partial charge on any atom is -0.478 e. The molecular formula is C21H17N3O3. The summed E-state index contributed by atoms with van der Waals surface area (Å²) in [5.74, 6) is -1.19. The van der Waals surface area contributed by atoms with E-state index in [0.29, 0.717) is 22.5 Å². The standard InChI is InChI=1S/C21H17N3O3/c1-11-17(23-12(2)19(11)21(26)27)9-16-15-6-5-13(8-18(15)24-20(16)25)14-4-3-7-22-10-14/h3-10,23H,1-2H3,(H,24,25)(H,26,27). The third-order valence-corrected chi connectivity index (χ3v) is 4.78. The molecule has 1 aliphatic rings. The van der Waals surface area contributed by atoms with Crippen molar-refractivity contribution in [2.75, 3.05) is 5.32 Å². The quantitative estimate of drug-likeness (QED) is 0.618. The maximum atomic E-state index is 12.5. The largest absolute Gasteiger partial charge is 0.478 e. The predicted octanol–water partition coefficient (Wildman–Crippen LogP) is 3.88. The lowest BCUT2D eigenvalue weighted by Gasteiger charge is -2.04. The van der Waals surface area contributed by atoms with Crippen molar-refractivity contribution in [3.05, 3.63) is 70.8 Å². The summed E-state index contributed by atoms with van der Waals surface area (Å²) in [5.41, 5.74) is 5.99. The highest BCUT2D eigenvalue weighted by Gasteiger charge is 2.26. The molecule has 0 unspecified atom stereocenters. The van der Waals surface area contributed by atoms with Crippen molar-refractivity contribution in [1.82, 2.24) is 9.97 Å². The number of aromatic amines is 1. The Balaban J connectivity index is 1.78. The van der Waals surface area contributed by atoms with Crippen LogP contribution in [-0.2, 0) is 4.79 Å². The molecule has 27 heavy (non-hydrogen) atoms. The number of carbonyl (C=O) groups is 2. The number of aryl methyl sites for hydroxylation is 1. The zero-order chi connectivity index (χ0) is 19.1. The molecule has 134 valence electrons. The lowest BCUT2D eigenvalue weighted by molar-refractivity contribution is -0.110. The molecule has 1 amide bonds. The van der Waals surface area contributed by atoms with Crippen molar-refractivity contribution in [1.29, 1.82) is 0 Å². The minimum absolute atomic E-state index is 0.211. The lowest BCUT2D eigenvalue weighted by atomic mass is 10.0. The van der Waals surface area contributed by atoms with Gasteiger partial charge in [0.1, 0.15) is 0 Å². The molecule has 0 saturated heterocycles. The SMILES string of the molecule is Cc1[nH]c(C=C2C(=O)Nc3cc(-c4cccnc4)ccc32)c(C)c1C(=O)O. The molecule has 1 aliphatic heterocycles. The number of carboxylic acids is 1. The van der Waals surface area contributed by atoms with E-state index < -0.39 is 5.97 Å². The molecule has 0 bridgehead atoms. The van der Waals surface area contributed by atoms with Crippen LogP contribution in [0.1, 0.15) is 32.9 Å². The molecule has 3 heterocycles. The smallest absolute Gasteiger partial charge is 0.337 e. The van der Waals surface area contributed by atoms with Gasteiger partial charge >= 0.3 is 5.97 Å². The van der Waals surface area contributed by atoms with Crippen LogP contribution >= 0.6 is 0 Å². The van der Waals surface area contributed by atoms with Crippen LogP contribution in [0.5, 0.6) is 0 Å². The van der Waals surface area contributed by atoms with Gasteiger partial charge in [-0.25, -0.2) is 4.79 Å². The predicted molar refractivity (Wildman–Crippen MR) is 103 cm³/mol. The number of amides is 1. The first kappa shape index (κ1) is 16.8. The number of rotatable bonds is 3. The maximum absolute atomic E-state index is 12.5. The molecule has 3 aromatic rings. The molecule has 3 N–H and O–H groups in total. The molecule has 0 radical (unpaired) electrons. The monoisotopic (exact) mass is 359 g/mol. The summed E-state index contributed by atoms with van der Waals surface area (Å²) in [6.45, 7) is 3.44. The third-order valence-electron chi connectivity index (χ3n) is 4.78. The fourth-order valence-electron chi connectivity index (χ4n) is 3.43. The highest BCUT2D eigenvalue weighted by molar-refractivity contribution is 6.35. The van der Waals surface area contributed by atoms with Gasteiger partial charge in [0.15, 0.2) is 0 Å². The van der Waals surface area contributed by atoms with Gasteiger partial charge in [0.05, 0.1) is 11.1 Å². The number of nitrogens with one attached hydrogen (secondary N) is 2. The fourth-order valence-corrected chi connectivity index (χ4v) is 3.43. The van der Waals surface area contributed by atoms with Gasteiger partial charge < -0.3 is 15.4 Å². The Kier molecular flexibility index (Phi) is 3.88. The highest BCUT2D eigenvalue weighted by Crippen LogP contribution is 2.36. The molecule has 6 nitrogen and oxygen atoms in total. The van der Waals surface area contributed by atoms with Gasteiger partial charge in [-0.2, -0.15) is 0 Å². The van der Waals surface area contributed by atoms with Crippen molar-refractivity contribution < 1.29 is 14.7 Å². The van der Waals surface area contributed by atoms with E-state index in [1.807, 2.05) is 30.3 Å². The second-order valence-electron chi connectivity index (χ2n) is 6.48. The van der Waals surface area contributed by atoms with E-state index in [2.05, 4.69) is 15.3 Å². The first-order chi connectivity index (χ1) is 13.0. The molecule has 0 atom stereocenters. The summed E-state index contributed by atoms with van der Waals surface area (Å²) in [4.78, 5) is 31.1. The second-order valence-corrected chi connectivity index (χ2v) is 6.48. The van der Waals surface area contributed by atoms with Crippen LogP contribution in [0.15, 0.2) is 42.7 Å². The normalized spacial score (nSPS) is 14.3. The number of aromatic carboxylic acids is 1. The van der Waals surface area contributed by atoms with Gasteiger partial charge in [0.25, 0.3) is 5.91 Å². The average molecular weight is 359 g/mol. The zero-order valence-corrected chi connectivity index (χ0v) is 14.8. The van der Waals surface area contributed by atoms with Gasteiger partial charge in [-0.05, 0) is 43.2 Å². The number of fused-ring (bicyclic) bond motifs is 1. The van der Waals surface area contributed by atoms with Crippen molar-refractivity contribution in [3.63, 3.8) is 0 Å². The summed E-state index contributed by atoms with van der Waals surface area (Å²) in [6, 6.07) is 9.58. The number of H-pyrrole nitrogens is 1. The lowest BCUT2D eigenvalue weighted by Crippen LogP contribution is -2.03. The summed E-state index contributed by atoms with van der Waals surface area (Å²) < 4.78 is 0. The van der Waals surface area contributed by atoms with E-state index in [1.54, 1.807) is 32.3 Å². The molecule has 4 rings (SSSR count). The number of benzene rings is 1. The zero-order valence-electron chi connectivity index (χ0n) is 14.8. The molecule has 0 saturated carbocycles. The van der Waals surface area contributed by atoms with E-state index in [1.165, 1.54) is 0 Å². The van der Waals surface area contributed by atoms with Crippen LogP contribution in [0, 0.1) is 13.8 Å². The van der Waals surface area contributed by atoms with E-state index in [0.717, 1.165) is 22.4 Å². The Morgan fingerprint density at radius 2 is 2.00 bits per heavy atom.